The molecule has 0 fully saturated rings. The van der Waals surface area contributed by atoms with Crippen molar-refractivity contribution >= 4 is 0 Å². The van der Waals surface area contributed by atoms with Crippen LogP contribution in [-0.4, -0.2) is 59.3 Å². The molecule has 0 aliphatic carbocycles. The Morgan fingerprint density at radius 3 is 2.11 bits per heavy atom. The van der Waals surface area contributed by atoms with Crippen LogP contribution in [0.2, 0.25) is 0 Å². The van der Waals surface area contributed by atoms with Crippen LogP contribution in [0.1, 0.15) is 12.8 Å². The Morgan fingerprint density at radius 1 is 0.889 bits per heavy atom. The molecule has 0 spiro atoms. The summed E-state index contributed by atoms with van der Waals surface area (Å²) in [6.07, 6.45) is -2.65. The van der Waals surface area contributed by atoms with Crippen LogP contribution in [0.15, 0.2) is 0 Å². The zero-order valence-electron chi connectivity index (χ0n) is 10.8. The van der Waals surface area contributed by atoms with Crippen molar-refractivity contribution in [1.29, 1.82) is 0 Å². The van der Waals surface area contributed by atoms with Crippen LogP contribution < -0.4 is 10.6 Å². The van der Waals surface area contributed by atoms with Crippen molar-refractivity contribution < 1.29 is 22.6 Å². The highest BCUT2D eigenvalue weighted by Gasteiger charge is 2.26. The van der Waals surface area contributed by atoms with Crippen LogP contribution in [0, 0.1) is 0 Å². The Hall–Kier alpha value is -0.370. The number of halogens is 3. The van der Waals surface area contributed by atoms with Gasteiger partial charge in [-0.3, -0.25) is 0 Å². The third-order valence-electron chi connectivity index (χ3n) is 2.10. The summed E-state index contributed by atoms with van der Waals surface area (Å²) in [6.45, 7) is 2.94. The first-order chi connectivity index (χ1) is 8.56. The number of hydrogen-bond acceptors (Lipinski definition) is 4. The highest BCUT2D eigenvalue weighted by Crippen LogP contribution is 2.14. The molecule has 0 bridgehead atoms. The number of rotatable bonds is 12. The molecule has 0 atom stereocenters. The maximum absolute atomic E-state index is 11.7. The number of methoxy groups -OCH3 is 1. The lowest BCUT2D eigenvalue weighted by Gasteiger charge is -2.08. The maximum atomic E-state index is 11.7. The van der Waals surface area contributed by atoms with Gasteiger partial charge < -0.3 is 20.1 Å². The van der Waals surface area contributed by atoms with Crippen LogP contribution in [0.25, 0.3) is 0 Å². The summed E-state index contributed by atoms with van der Waals surface area (Å²) >= 11 is 0. The molecule has 0 aromatic rings. The highest BCUT2D eigenvalue weighted by atomic mass is 19.4. The Balaban J connectivity index is 2.99. The molecule has 4 nitrogen and oxygen atoms in total. The van der Waals surface area contributed by atoms with Gasteiger partial charge in [0, 0.05) is 20.3 Å². The van der Waals surface area contributed by atoms with Gasteiger partial charge in [0.15, 0.2) is 0 Å². The van der Waals surface area contributed by atoms with E-state index in [0.717, 1.165) is 26.1 Å². The summed E-state index contributed by atoms with van der Waals surface area (Å²) < 4.78 is 44.5. The predicted octanol–water partition coefficient (Wildman–Crippen LogP) is 1.17. The molecule has 0 aliphatic rings. The van der Waals surface area contributed by atoms with Crippen LogP contribution >= 0.6 is 0 Å². The Kier molecular flexibility index (Phi) is 11.5. The van der Waals surface area contributed by atoms with Crippen molar-refractivity contribution in [3.8, 4) is 0 Å². The van der Waals surface area contributed by atoms with Crippen molar-refractivity contribution in [2.75, 3.05) is 53.1 Å². The van der Waals surface area contributed by atoms with Crippen molar-refractivity contribution in [2.24, 2.45) is 0 Å². The Labute approximate surface area is 106 Å². The van der Waals surface area contributed by atoms with Gasteiger partial charge >= 0.3 is 6.18 Å². The van der Waals surface area contributed by atoms with Crippen LogP contribution in [0.5, 0.6) is 0 Å². The first-order valence-electron chi connectivity index (χ1n) is 6.11. The minimum Gasteiger partial charge on any atom is -0.383 e. The molecule has 0 saturated heterocycles. The summed E-state index contributed by atoms with van der Waals surface area (Å²) in [4.78, 5) is 0. The van der Waals surface area contributed by atoms with E-state index in [0.29, 0.717) is 19.6 Å². The van der Waals surface area contributed by atoms with Crippen LogP contribution in [-0.2, 0) is 9.47 Å². The fourth-order valence-electron chi connectivity index (χ4n) is 1.25. The largest absolute Gasteiger partial charge is 0.411 e. The Bertz CT molecular complexity index is 180. The molecule has 0 radical (unpaired) electrons. The molecule has 0 aliphatic heterocycles. The summed E-state index contributed by atoms with van der Waals surface area (Å²) in [5.74, 6) is 0. The molecular weight excluding hydrogens is 249 g/mol. The average Bonchev–Trinajstić information content (AvgIpc) is 2.29. The summed E-state index contributed by atoms with van der Waals surface area (Å²) in [5, 5.41) is 6.34. The summed E-state index contributed by atoms with van der Waals surface area (Å²) in [7, 11) is 1.66. The molecule has 0 saturated carbocycles. The molecule has 0 rings (SSSR count). The van der Waals surface area contributed by atoms with Crippen molar-refractivity contribution in [3.05, 3.63) is 0 Å². The normalized spacial score (nSPS) is 12.0. The van der Waals surface area contributed by atoms with E-state index in [2.05, 4.69) is 15.4 Å². The fourth-order valence-corrected chi connectivity index (χ4v) is 1.25. The van der Waals surface area contributed by atoms with E-state index >= 15 is 0 Å². The second kappa shape index (κ2) is 11.7. The third-order valence-corrected chi connectivity index (χ3v) is 2.10. The van der Waals surface area contributed by atoms with Gasteiger partial charge in [-0.2, -0.15) is 13.2 Å². The van der Waals surface area contributed by atoms with Crippen LogP contribution in [0.4, 0.5) is 13.2 Å². The van der Waals surface area contributed by atoms with Crippen LogP contribution in [0.3, 0.4) is 0 Å². The molecular formula is C11H23F3N2O2. The number of hydrogen-bond donors (Lipinski definition) is 2. The molecule has 18 heavy (non-hydrogen) atoms. The first-order valence-corrected chi connectivity index (χ1v) is 6.11. The summed E-state index contributed by atoms with van der Waals surface area (Å²) in [6, 6.07) is 0. The number of nitrogens with one attached hydrogen (secondary N) is 2. The van der Waals surface area contributed by atoms with E-state index in [1.165, 1.54) is 0 Å². The molecule has 0 aromatic carbocycles. The smallest absolute Gasteiger partial charge is 0.383 e. The topological polar surface area (TPSA) is 42.5 Å². The van der Waals surface area contributed by atoms with E-state index in [1.54, 1.807) is 7.11 Å². The quantitative estimate of drug-likeness (QED) is 0.523. The third kappa shape index (κ3) is 15.6. The minimum absolute atomic E-state index is 0.137. The van der Waals surface area contributed by atoms with Gasteiger partial charge in [-0.15, -0.1) is 0 Å². The summed E-state index contributed by atoms with van der Waals surface area (Å²) in [5.41, 5.74) is 0. The zero-order valence-corrected chi connectivity index (χ0v) is 10.8. The van der Waals surface area contributed by atoms with E-state index in [1.807, 2.05) is 0 Å². The molecule has 110 valence electrons. The van der Waals surface area contributed by atoms with Crippen molar-refractivity contribution in [1.82, 2.24) is 10.6 Å². The standard InChI is InChI=1S/C11H23F3N2O2/c1-17-9-7-16-5-2-4-15-6-3-8-18-10-11(12,13)14/h15-16H,2-10H2,1H3. The van der Waals surface area contributed by atoms with Gasteiger partial charge in [0.1, 0.15) is 6.61 Å². The molecule has 0 heterocycles. The van der Waals surface area contributed by atoms with Gasteiger partial charge in [-0.25, -0.2) is 0 Å². The lowest BCUT2D eigenvalue weighted by molar-refractivity contribution is -0.173. The monoisotopic (exact) mass is 272 g/mol. The van der Waals surface area contributed by atoms with Crippen molar-refractivity contribution in [2.45, 2.75) is 19.0 Å². The highest BCUT2D eigenvalue weighted by molar-refractivity contribution is 4.52. The molecule has 2 N–H and O–H groups in total. The first kappa shape index (κ1) is 17.6. The molecule has 0 amide bonds. The minimum atomic E-state index is -4.22. The predicted molar refractivity (Wildman–Crippen MR) is 63.7 cm³/mol. The van der Waals surface area contributed by atoms with Gasteiger partial charge in [0.25, 0.3) is 0 Å². The van der Waals surface area contributed by atoms with E-state index in [4.69, 9.17) is 4.74 Å². The zero-order chi connectivity index (χ0) is 13.7. The van der Waals surface area contributed by atoms with E-state index in [9.17, 15) is 13.2 Å². The van der Waals surface area contributed by atoms with E-state index in [-0.39, 0.29) is 6.61 Å². The Morgan fingerprint density at radius 2 is 1.50 bits per heavy atom. The van der Waals surface area contributed by atoms with Gasteiger partial charge in [-0.05, 0) is 32.5 Å². The second-order valence-electron chi connectivity index (χ2n) is 3.87. The van der Waals surface area contributed by atoms with Crippen molar-refractivity contribution in [3.63, 3.8) is 0 Å². The maximum Gasteiger partial charge on any atom is 0.411 e. The number of ether oxygens (including phenoxy) is 2. The SMILES string of the molecule is COCCNCCCNCCCOCC(F)(F)F. The average molecular weight is 272 g/mol. The van der Waals surface area contributed by atoms with Gasteiger partial charge in [-0.1, -0.05) is 0 Å². The lowest BCUT2D eigenvalue weighted by atomic mass is 10.4. The number of alkyl halides is 3. The second-order valence-corrected chi connectivity index (χ2v) is 3.87. The molecule has 0 unspecified atom stereocenters. The lowest BCUT2D eigenvalue weighted by Crippen LogP contribution is -2.25. The fraction of sp³-hybridized carbons (Fsp3) is 1.00. The van der Waals surface area contributed by atoms with E-state index < -0.39 is 12.8 Å². The molecule has 0 aromatic heterocycles. The molecule has 7 heteroatoms. The van der Waals surface area contributed by atoms with Gasteiger partial charge in [0.05, 0.1) is 6.61 Å². The van der Waals surface area contributed by atoms with Gasteiger partial charge in [0.2, 0.25) is 0 Å².